The van der Waals surface area contributed by atoms with Gasteiger partial charge in [0.25, 0.3) is 5.91 Å². The summed E-state index contributed by atoms with van der Waals surface area (Å²) in [6, 6.07) is 13.1. The number of urea groups is 1. The summed E-state index contributed by atoms with van der Waals surface area (Å²) in [5, 5.41) is 5.10. The average Bonchev–Trinajstić information content (AvgIpc) is 3.26. The second-order valence-corrected chi connectivity index (χ2v) is 7.76. The number of fused-ring (bicyclic) bond motifs is 1. The van der Waals surface area contributed by atoms with Crippen molar-refractivity contribution >= 4 is 34.7 Å². The van der Waals surface area contributed by atoms with E-state index in [4.69, 9.17) is 0 Å². The van der Waals surface area contributed by atoms with Gasteiger partial charge in [-0.2, -0.15) is 13.2 Å². The standard InChI is InChI=1S/C24H22F3N5O2/c1-28-22(33)20-14-19(8-10-29-20)31(2)18-6-7-21-15(12-18)9-11-32(21)23(34)30-17-5-3-4-16(13-17)24(25,26)27/h3-8,10,12-14H,9,11H2,1-2H3,(H,28,33)(H,30,34). The van der Waals surface area contributed by atoms with E-state index in [0.717, 1.165) is 29.1 Å². The zero-order valence-electron chi connectivity index (χ0n) is 18.5. The van der Waals surface area contributed by atoms with Gasteiger partial charge in [0, 0.05) is 49.6 Å². The van der Waals surface area contributed by atoms with Gasteiger partial charge in [0.15, 0.2) is 0 Å². The van der Waals surface area contributed by atoms with Crippen molar-refractivity contribution < 1.29 is 22.8 Å². The lowest BCUT2D eigenvalue weighted by molar-refractivity contribution is -0.137. The first-order valence-electron chi connectivity index (χ1n) is 10.5. The van der Waals surface area contributed by atoms with Crippen molar-refractivity contribution in [2.24, 2.45) is 0 Å². The Kier molecular flexibility index (Phi) is 6.14. The van der Waals surface area contributed by atoms with Gasteiger partial charge < -0.3 is 15.5 Å². The largest absolute Gasteiger partial charge is 0.416 e. The molecule has 7 nitrogen and oxygen atoms in total. The van der Waals surface area contributed by atoms with Crippen molar-refractivity contribution in [3.8, 4) is 0 Å². The van der Waals surface area contributed by atoms with Gasteiger partial charge in [0.1, 0.15) is 5.69 Å². The first-order chi connectivity index (χ1) is 16.2. The van der Waals surface area contributed by atoms with Gasteiger partial charge in [0.2, 0.25) is 0 Å². The number of hydrogen-bond acceptors (Lipinski definition) is 4. The third-order valence-electron chi connectivity index (χ3n) is 5.62. The molecule has 2 heterocycles. The van der Waals surface area contributed by atoms with Crippen molar-refractivity contribution in [1.29, 1.82) is 0 Å². The zero-order chi connectivity index (χ0) is 24.5. The molecule has 0 aliphatic carbocycles. The molecule has 0 bridgehead atoms. The molecular formula is C24H22F3N5O2. The fourth-order valence-electron chi connectivity index (χ4n) is 3.80. The Morgan fingerprint density at radius 3 is 2.56 bits per heavy atom. The van der Waals surface area contributed by atoms with Crippen molar-refractivity contribution in [3.63, 3.8) is 0 Å². The van der Waals surface area contributed by atoms with E-state index in [1.165, 1.54) is 24.1 Å². The molecule has 1 aliphatic rings. The summed E-state index contributed by atoms with van der Waals surface area (Å²) in [6.07, 6.45) is -2.32. The Morgan fingerprint density at radius 2 is 1.82 bits per heavy atom. The highest BCUT2D eigenvalue weighted by Crippen LogP contribution is 2.35. The molecule has 34 heavy (non-hydrogen) atoms. The number of aromatic nitrogens is 1. The molecule has 10 heteroatoms. The number of rotatable bonds is 4. The minimum absolute atomic E-state index is 0.0780. The first-order valence-corrected chi connectivity index (χ1v) is 10.5. The normalized spacial score (nSPS) is 12.8. The summed E-state index contributed by atoms with van der Waals surface area (Å²) in [5.41, 5.74) is 2.81. The molecule has 2 N–H and O–H groups in total. The highest BCUT2D eigenvalue weighted by molar-refractivity contribution is 6.03. The number of nitrogens with zero attached hydrogens (tertiary/aromatic N) is 3. The van der Waals surface area contributed by atoms with Crippen LogP contribution >= 0.6 is 0 Å². The second-order valence-electron chi connectivity index (χ2n) is 7.76. The number of benzene rings is 2. The lowest BCUT2D eigenvalue weighted by Gasteiger charge is -2.22. The molecule has 1 aliphatic heterocycles. The number of halogens is 3. The van der Waals surface area contributed by atoms with Gasteiger partial charge in [0.05, 0.1) is 5.56 Å². The average molecular weight is 469 g/mol. The summed E-state index contributed by atoms with van der Waals surface area (Å²) in [7, 11) is 3.40. The molecule has 4 rings (SSSR count). The Balaban J connectivity index is 1.52. The molecule has 0 fully saturated rings. The molecule has 0 spiro atoms. The first kappa shape index (κ1) is 23.1. The third kappa shape index (κ3) is 4.66. The van der Waals surface area contributed by atoms with E-state index in [9.17, 15) is 22.8 Å². The van der Waals surface area contributed by atoms with Crippen LogP contribution in [-0.4, -0.2) is 37.6 Å². The molecule has 0 saturated carbocycles. The van der Waals surface area contributed by atoms with E-state index < -0.39 is 17.8 Å². The molecule has 0 unspecified atom stereocenters. The fraction of sp³-hybridized carbons (Fsp3) is 0.208. The van der Waals surface area contributed by atoms with Crippen LogP contribution in [0.1, 0.15) is 21.6 Å². The van der Waals surface area contributed by atoms with E-state index in [-0.39, 0.29) is 11.6 Å². The third-order valence-corrected chi connectivity index (χ3v) is 5.62. The number of hydrogen-bond donors (Lipinski definition) is 2. The molecule has 3 aromatic rings. The fourth-order valence-corrected chi connectivity index (χ4v) is 3.80. The van der Waals surface area contributed by atoms with Gasteiger partial charge in [-0.15, -0.1) is 0 Å². The molecule has 176 valence electrons. The van der Waals surface area contributed by atoms with Crippen molar-refractivity contribution in [1.82, 2.24) is 10.3 Å². The number of anilines is 4. The number of carbonyl (C=O) groups is 2. The van der Waals surface area contributed by atoms with Gasteiger partial charge in [-0.25, -0.2) is 4.79 Å². The second kappa shape index (κ2) is 9.05. The quantitative estimate of drug-likeness (QED) is 0.574. The molecular weight excluding hydrogens is 447 g/mol. The highest BCUT2D eigenvalue weighted by atomic mass is 19.4. The molecule has 0 atom stereocenters. The van der Waals surface area contributed by atoms with E-state index in [2.05, 4.69) is 15.6 Å². The van der Waals surface area contributed by atoms with Crippen molar-refractivity contribution in [2.45, 2.75) is 12.6 Å². The van der Waals surface area contributed by atoms with Gasteiger partial charge in [-0.3, -0.25) is 14.7 Å². The summed E-state index contributed by atoms with van der Waals surface area (Å²) in [6.45, 7) is 0.406. The predicted octanol–water partition coefficient (Wildman–Crippen LogP) is 4.82. The maximum absolute atomic E-state index is 13.0. The summed E-state index contributed by atoms with van der Waals surface area (Å²) < 4.78 is 38.9. The van der Waals surface area contributed by atoms with Gasteiger partial charge in [-0.05, 0) is 60.5 Å². The zero-order valence-corrected chi connectivity index (χ0v) is 18.5. The minimum Gasteiger partial charge on any atom is -0.354 e. The van der Waals surface area contributed by atoms with Crippen LogP contribution in [0.25, 0.3) is 0 Å². The molecule has 0 saturated heterocycles. The monoisotopic (exact) mass is 469 g/mol. The Bertz CT molecular complexity index is 1250. The van der Waals surface area contributed by atoms with Crippen LogP contribution in [0.3, 0.4) is 0 Å². The Hall–Kier alpha value is -4.08. The van der Waals surface area contributed by atoms with E-state index in [0.29, 0.717) is 24.3 Å². The summed E-state index contributed by atoms with van der Waals surface area (Å²) in [4.78, 5) is 32.2. The summed E-state index contributed by atoms with van der Waals surface area (Å²) >= 11 is 0. The molecule has 1 aromatic heterocycles. The van der Waals surface area contributed by atoms with Crippen LogP contribution < -0.4 is 20.4 Å². The minimum atomic E-state index is -4.49. The van der Waals surface area contributed by atoms with E-state index in [1.807, 2.05) is 24.1 Å². The van der Waals surface area contributed by atoms with Crippen LogP contribution in [0.15, 0.2) is 60.8 Å². The van der Waals surface area contributed by atoms with Gasteiger partial charge in [-0.1, -0.05) is 6.07 Å². The Morgan fingerprint density at radius 1 is 1.06 bits per heavy atom. The van der Waals surface area contributed by atoms with E-state index in [1.54, 1.807) is 24.4 Å². The lowest BCUT2D eigenvalue weighted by Crippen LogP contribution is -2.33. The van der Waals surface area contributed by atoms with Crippen LogP contribution in [0.4, 0.5) is 40.7 Å². The SMILES string of the molecule is CNC(=O)c1cc(N(C)c2ccc3c(c2)CCN3C(=O)Nc2cccc(C(F)(F)F)c2)ccn1. The molecule has 0 radical (unpaired) electrons. The van der Waals surface area contributed by atoms with Crippen molar-refractivity contribution in [3.05, 3.63) is 77.6 Å². The Labute approximate surface area is 194 Å². The number of nitrogens with one attached hydrogen (secondary N) is 2. The molecule has 2 aromatic carbocycles. The van der Waals surface area contributed by atoms with Crippen LogP contribution in [0.2, 0.25) is 0 Å². The molecule has 3 amide bonds. The van der Waals surface area contributed by atoms with Crippen LogP contribution in [0, 0.1) is 0 Å². The smallest absolute Gasteiger partial charge is 0.354 e. The number of carbonyl (C=O) groups excluding carboxylic acids is 2. The lowest BCUT2D eigenvalue weighted by atomic mass is 10.1. The van der Waals surface area contributed by atoms with Crippen LogP contribution in [0.5, 0.6) is 0 Å². The maximum atomic E-state index is 13.0. The predicted molar refractivity (Wildman–Crippen MR) is 124 cm³/mol. The van der Waals surface area contributed by atoms with Crippen LogP contribution in [-0.2, 0) is 12.6 Å². The van der Waals surface area contributed by atoms with Crippen molar-refractivity contribution in [2.75, 3.05) is 35.8 Å². The maximum Gasteiger partial charge on any atom is 0.416 e. The van der Waals surface area contributed by atoms with E-state index >= 15 is 0 Å². The number of alkyl halides is 3. The summed E-state index contributed by atoms with van der Waals surface area (Å²) in [5.74, 6) is -0.286. The highest BCUT2D eigenvalue weighted by Gasteiger charge is 2.31. The topological polar surface area (TPSA) is 77.6 Å². The van der Waals surface area contributed by atoms with Gasteiger partial charge >= 0.3 is 12.2 Å². The number of amides is 3. The number of pyridine rings is 1.